The highest BCUT2D eigenvalue weighted by Crippen LogP contribution is 2.38. The van der Waals surface area contributed by atoms with Crippen LogP contribution in [0.3, 0.4) is 0 Å². The first-order valence-corrected chi connectivity index (χ1v) is 5.60. The molecule has 2 rings (SSSR count). The summed E-state index contributed by atoms with van der Waals surface area (Å²) in [6.45, 7) is 0. The number of nitrogen functional groups attached to an aromatic ring is 1. The van der Waals surface area contributed by atoms with Crippen molar-refractivity contribution in [2.24, 2.45) is 0 Å². The third-order valence-electron chi connectivity index (χ3n) is 2.90. The van der Waals surface area contributed by atoms with Crippen LogP contribution in [0, 0.1) is 0 Å². The average Bonchev–Trinajstić information content (AvgIpc) is 2.72. The molecule has 17 heavy (non-hydrogen) atoms. The molecule has 0 saturated heterocycles. The number of halogens is 3. The van der Waals surface area contributed by atoms with Crippen molar-refractivity contribution in [1.82, 2.24) is 0 Å². The van der Waals surface area contributed by atoms with Crippen LogP contribution in [0.4, 0.5) is 18.9 Å². The van der Waals surface area contributed by atoms with Gasteiger partial charge in [0.2, 0.25) is 0 Å². The Balaban J connectivity index is 2.25. The van der Waals surface area contributed by atoms with Crippen molar-refractivity contribution in [1.29, 1.82) is 0 Å². The molecule has 2 nitrogen and oxygen atoms in total. The van der Waals surface area contributed by atoms with Crippen molar-refractivity contribution in [3.8, 4) is 5.75 Å². The molecule has 94 valence electrons. The summed E-state index contributed by atoms with van der Waals surface area (Å²) in [5.74, 6) is -0.112. The Morgan fingerprint density at radius 3 is 2.41 bits per heavy atom. The molecule has 2 N–H and O–H groups in total. The van der Waals surface area contributed by atoms with Crippen molar-refractivity contribution in [2.45, 2.75) is 38.0 Å². The van der Waals surface area contributed by atoms with Crippen LogP contribution in [0.25, 0.3) is 0 Å². The Morgan fingerprint density at radius 1 is 1.18 bits per heavy atom. The number of hydrogen-bond donors (Lipinski definition) is 1. The maximum atomic E-state index is 12.8. The third-order valence-corrected chi connectivity index (χ3v) is 2.90. The van der Waals surface area contributed by atoms with Gasteiger partial charge in [-0.15, -0.1) is 0 Å². The zero-order valence-corrected chi connectivity index (χ0v) is 9.26. The number of ether oxygens (including phenoxy) is 1. The summed E-state index contributed by atoms with van der Waals surface area (Å²) in [5.41, 5.74) is 4.68. The summed E-state index contributed by atoms with van der Waals surface area (Å²) < 4.78 is 43.7. The number of alkyl halides is 3. The van der Waals surface area contributed by atoms with Crippen LogP contribution in [0.2, 0.25) is 0 Å². The van der Waals surface area contributed by atoms with E-state index in [0.717, 1.165) is 31.7 Å². The molecule has 0 spiro atoms. The molecule has 0 heterocycles. The van der Waals surface area contributed by atoms with Crippen molar-refractivity contribution in [3.05, 3.63) is 23.8 Å². The molecule has 0 amide bonds. The fraction of sp³-hybridized carbons (Fsp3) is 0.500. The molecule has 0 aliphatic heterocycles. The molecule has 1 saturated carbocycles. The number of anilines is 1. The van der Waals surface area contributed by atoms with E-state index >= 15 is 0 Å². The highest BCUT2D eigenvalue weighted by Gasteiger charge is 2.35. The first-order chi connectivity index (χ1) is 7.97. The average molecular weight is 245 g/mol. The predicted molar refractivity (Wildman–Crippen MR) is 58.7 cm³/mol. The lowest BCUT2D eigenvalue weighted by Gasteiger charge is -2.18. The first-order valence-electron chi connectivity index (χ1n) is 5.60. The predicted octanol–water partition coefficient (Wildman–Crippen LogP) is 3.61. The SMILES string of the molecule is Nc1ccc(OC2CCCC2)c(C(F)(F)F)c1. The van der Waals surface area contributed by atoms with Gasteiger partial charge in [-0.05, 0) is 43.9 Å². The van der Waals surface area contributed by atoms with E-state index in [9.17, 15) is 13.2 Å². The quantitative estimate of drug-likeness (QED) is 0.808. The molecule has 0 unspecified atom stereocenters. The number of benzene rings is 1. The smallest absolute Gasteiger partial charge is 0.420 e. The summed E-state index contributed by atoms with van der Waals surface area (Å²) >= 11 is 0. The summed E-state index contributed by atoms with van der Waals surface area (Å²) in [5, 5.41) is 0. The van der Waals surface area contributed by atoms with Gasteiger partial charge in [0.15, 0.2) is 0 Å². The Bertz CT molecular complexity index is 397. The zero-order valence-electron chi connectivity index (χ0n) is 9.26. The summed E-state index contributed by atoms with van der Waals surface area (Å²) in [6, 6.07) is 3.65. The molecule has 0 aromatic heterocycles. The van der Waals surface area contributed by atoms with Gasteiger partial charge in [-0.25, -0.2) is 0 Å². The second kappa shape index (κ2) is 4.47. The van der Waals surface area contributed by atoms with Crippen molar-refractivity contribution in [3.63, 3.8) is 0 Å². The lowest BCUT2D eigenvalue weighted by atomic mass is 10.1. The molecule has 1 aliphatic rings. The van der Waals surface area contributed by atoms with Crippen LogP contribution in [-0.4, -0.2) is 6.10 Å². The lowest BCUT2D eigenvalue weighted by molar-refractivity contribution is -0.139. The van der Waals surface area contributed by atoms with E-state index in [4.69, 9.17) is 10.5 Å². The van der Waals surface area contributed by atoms with E-state index in [2.05, 4.69) is 0 Å². The van der Waals surface area contributed by atoms with Crippen LogP contribution in [0.15, 0.2) is 18.2 Å². The topological polar surface area (TPSA) is 35.2 Å². The van der Waals surface area contributed by atoms with Gasteiger partial charge in [0.05, 0.1) is 11.7 Å². The van der Waals surface area contributed by atoms with E-state index in [-0.39, 0.29) is 17.5 Å². The molecule has 1 aromatic rings. The van der Waals surface area contributed by atoms with Gasteiger partial charge in [-0.1, -0.05) is 0 Å². The second-order valence-corrected chi connectivity index (χ2v) is 4.28. The number of nitrogens with two attached hydrogens (primary N) is 1. The molecule has 0 bridgehead atoms. The van der Waals surface area contributed by atoms with Crippen LogP contribution in [-0.2, 0) is 6.18 Å². The monoisotopic (exact) mass is 245 g/mol. The van der Waals surface area contributed by atoms with E-state index in [1.165, 1.54) is 12.1 Å². The van der Waals surface area contributed by atoms with Crippen LogP contribution >= 0.6 is 0 Å². The molecule has 1 aliphatic carbocycles. The summed E-state index contributed by atoms with van der Waals surface area (Å²) in [6.07, 6.45) is -0.853. The third kappa shape index (κ3) is 2.84. The van der Waals surface area contributed by atoms with Crippen molar-refractivity contribution >= 4 is 5.69 Å². The molecular formula is C12H14F3NO. The fourth-order valence-electron chi connectivity index (χ4n) is 2.06. The Hall–Kier alpha value is -1.39. The molecule has 5 heteroatoms. The van der Waals surface area contributed by atoms with E-state index in [0.29, 0.717) is 0 Å². The fourth-order valence-corrected chi connectivity index (χ4v) is 2.06. The molecule has 1 fully saturated rings. The van der Waals surface area contributed by atoms with Gasteiger partial charge in [0, 0.05) is 5.69 Å². The normalized spacial score (nSPS) is 17.4. The summed E-state index contributed by atoms with van der Waals surface area (Å²) in [7, 11) is 0. The first kappa shape index (κ1) is 12.1. The minimum Gasteiger partial charge on any atom is -0.490 e. The van der Waals surface area contributed by atoms with Gasteiger partial charge in [-0.2, -0.15) is 13.2 Å². The van der Waals surface area contributed by atoms with Gasteiger partial charge in [-0.3, -0.25) is 0 Å². The van der Waals surface area contributed by atoms with Crippen molar-refractivity contribution in [2.75, 3.05) is 5.73 Å². The minimum absolute atomic E-state index is 0.0936. The Morgan fingerprint density at radius 2 is 1.82 bits per heavy atom. The van der Waals surface area contributed by atoms with Crippen molar-refractivity contribution < 1.29 is 17.9 Å². The summed E-state index contributed by atoms with van der Waals surface area (Å²) in [4.78, 5) is 0. The maximum Gasteiger partial charge on any atom is 0.420 e. The second-order valence-electron chi connectivity index (χ2n) is 4.28. The van der Waals surface area contributed by atoms with Crippen LogP contribution in [0.1, 0.15) is 31.2 Å². The van der Waals surface area contributed by atoms with Gasteiger partial charge >= 0.3 is 6.18 Å². The maximum absolute atomic E-state index is 12.8. The van der Waals surface area contributed by atoms with Crippen LogP contribution in [0.5, 0.6) is 5.75 Å². The lowest BCUT2D eigenvalue weighted by Crippen LogP contribution is -2.15. The highest BCUT2D eigenvalue weighted by molar-refractivity contribution is 5.49. The molecule has 0 atom stereocenters. The zero-order chi connectivity index (χ0) is 12.5. The van der Waals surface area contributed by atoms with Crippen LogP contribution < -0.4 is 10.5 Å². The van der Waals surface area contributed by atoms with Gasteiger partial charge in [0.1, 0.15) is 5.75 Å². The van der Waals surface area contributed by atoms with Gasteiger partial charge < -0.3 is 10.5 Å². The highest BCUT2D eigenvalue weighted by atomic mass is 19.4. The Kier molecular flexibility index (Phi) is 3.17. The molecular weight excluding hydrogens is 231 g/mol. The van der Waals surface area contributed by atoms with Gasteiger partial charge in [0.25, 0.3) is 0 Å². The molecule has 0 radical (unpaired) electrons. The van der Waals surface area contributed by atoms with E-state index < -0.39 is 11.7 Å². The number of rotatable bonds is 2. The van der Waals surface area contributed by atoms with E-state index in [1.54, 1.807) is 0 Å². The standard InChI is InChI=1S/C12H14F3NO/c13-12(14,15)10-7-8(16)5-6-11(10)17-9-3-1-2-4-9/h5-7,9H,1-4,16H2. The minimum atomic E-state index is -4.43. The molecule has 1 aromatic carbocycles. The Labute approximate surface area is 97.6 Å². The van der Waals surface area contributed by atoms with E-state index in [1.807, 2.05) is 0 Å². The number of hydrogen-bond acceptors (Lipinski definition) is 2. The largest absolute Gasteiger partial charge is 0.490 e.